The van der Waals surface area contributed by atoms with Crippen molar-refractivity contribution in [1.82, 2.24) is 9.97 Å². The van der Waals surface area contributed by atoms with E-state index >= 15 is 0 Å². The lowest BCUT2D eigenvalue weighted by molar-refractivity contribution is 0.0996. The molecule has 0 aliphatic rings. The summed E-state index contributed by atoms with van der Waals surface area (Å²) in [6, 6.07) is 1.56. The van der Waals surface area contributed by atoms with Gasteiger partial charge in [0.15, 0.2) is 0 Å². The van der Waals surface area contributed by atoms with Gasteiger partial charge in [-0.05, 0) is 13.2 Å². The van der Waals surface area contributed by atoms with Crippen molar-refractivity contribution >= 4 is 35.1 Å². The van der Waals surface area contributed by atoms with Gasteiger partial charge in [-0.3, -0.25) is 0 Å². The van der Waals surface area contributed by atoms with Gasteiger partial charge in [-0.2, -0.15) is 16.7 Å². The SMILES string of the molecule is CSCC(C)(O)CNc1cc(Cl)nc(N)n1. The summed E-state index contributed by atoms with van der Waals surface area (Å²) in [5.74, 6) is 1.26. The van der Waals surface area contributed by atoms with Crippen molar-refractivity contribution in [3.05, 3.63) is 11.2 Å². The van der Waals surface area contributed by atoms with Crippen LogP contribution in [-0.2, 0) is 0 Å². The third-order valence-electron chi connectivity index (χ3n) is 1.82. The smallest absolute Gasteiger partial charge is 0.223 e. The predicted molar refractivity (Wildman–Crippen MR) is 68.9 cm³/mol. The molecule has 1 rings (SSSR count). The van der Waals surface area contributed by atoms with Gasteiger partial charge in [0.25, 0.3) is 0 Å². The Labute approximate surface area is 104 Å². The van der Waals surface area contributed by atoms with E-state index in [1.165, 1.54) is 0 Å². The fraction of sp³-hybridized carbons (Fsp3) is 0.556. The van der Waals surface area contributed by atoms with Crippen LogP contribution in [0.5, 0.6) is 0 Å². The van der Waals surface area contributed by atoms with Crippen molar-refractivity contribution in [3.8, 4) is 0 Å². The van der Waals surface area contributed by atoms with E-state index in [-0.39, 0.29) is 11.1 Å². The van der Waals surface area contributed by atoms with Gasteiger partial charge in [-0.15, -0.1) is 0 Å². The lowest BCUT2D eigenvalue weighted by atomic mass is 10.1. The molecule has 0 saturated carbocycles. The van der Waals surface area contributed by atoms with Gasteiger partial charge in [-0.25, -0.2) is 4.98 Å². The Morgan fingerprint density at radius 2 is 2.31 bits per heavy atom. The predicted octanol–water partition coefficient (Wildman–Crippen LogP) is 1.24. The fourth-order valence-corrected chi connectivity index (χ4v) is 2.08. The average molecular weight is 263 g/mol. The van der Waals surface area contributed by atoms with Gasteiger partial charge >= 0.3 is 0 Å². The Balaban J connectivity index is 2.60. The molecular formula is C9H15ClN4OS. The van der Waals surface area contributed by atoms with Crippen molar-refractivity contribution in [3.63, 3.8) is 0 Å². The van der Waals surface area contributed by atoms with Gasteiger partial charge in [0.2, 0.25) is 5.95 Å². The zero-order valence-corrected chi connectivity index (χ0v) is 10.8. The van der Waals surface area contributed by atoms with Crippen molar-refractivity contribution < 1.29 is 5.11 Å². The van der Waals surface area contributed by atoms with Crippen LogP contribution < -0.4 is 11.1 Å². The highest BCUT2D eigenvalue weighted by atomic mass is 35.5. The molecule has 90 valence electrons. The molecule has 4 N–H and O–H groups in total. The Bertz CT molecular complexity index is 341. The molecule has 0 radical (unpaired) electrons. The summed E-state index contributed by atoms with van der Waals surface area (Å²) >= 11 is 7.30. The zero-order chi connectivity index (χ0) is 12.2. The van der Waals surface area contributed by atoms with E-state index in [1.54, 1.807) is 24.8 Å². The van der Waals surface area contributed by atoms with E-state index in [4.69, 9.17) is 17.3 Å². The number of rotatable bonds is 5. The monoisotopic (exact) mass is 262 g/mol. The molecule has 1 unspecified atom stereocenters. The average Bonchev–Trinajstić information content (AvgIpc) is 2.13. The second kappa shape index (κ2) is 5.56. The molecule has 0 spiro atoms. The van der Waals surface area contributed by atoms with Gasteiger partial charge in [0.05, 0.1) is 5.60 Å². The first-order valence-corrected chi connectivity index (χ1v) is 6.45. The number of thioether (sulfide) groups is 1. The summed E-state index contributed by atoms with van der Waals surface area (Å²) in [6.45, 7) is 2.13. The number of aliphatic hydroxyl groups is 1. The first kappa shape index (κ1) is 13.3. The largest absolute Gasteiger partial charge is 0.387 e. The molecular weight excluding hydrogens is 248 g/mol. The van der Waals surface area contributed by atoms with Crippen LogP contribution in [0.2, 0.25) is 5.15 Å². The summed E-state index contributed by atoms with van der Waals surface area (Å²) in [7, 11) is 0. The molecule has 7 heteroatoms. The Morgan fingerprint density at radius 1 is 1.62 bits per heavy atom. The highest BCUT2D eigenvalue weighted by molar-refractivity contribution is 7.98. The number of hydrogen-bond donors (Lipinski definition) is 3. The van der Waals surface area contributed by atoms with Crippen LogP contribution >= 0.6 is 23.4 Å². The minimum absolute atomic E-state index is 0.111. The second-order valence-corrected chi connectivity index (χ2v) is 4.97. The van der Waals surface area contributed by atoms with Gasteiger partial charge < -0.3 is 16.2 Å². The zero-order valence-electron chi connectivity index (χ0n) is 9.20. The molecule has 1 aromatic heterocycles. The topological polar surface area (TPSA) is 84.1 Å². The Morgan fingerprint density at radius 3 is 2.88 bits per heavy atom. The molecule has 16 heavy (non-hydrogen) atoms. The summed E-state index contributed by atoms with van der Waals surface area (Å²) in [4.78, 5) is 7.69. The lowest BCUT2D eigenvalue weighted by Gasteiger charge is -2.22. The lowest BCUT2D eigenvalue weighted by Crippen LogP contribution is -2.36. The van der Waals surface area contributed by atoms with Crippen molar-refractivity contribution in [2.75, 3.05) is 29.6 Å². The summed E-state index contributed by atoms with van der Waals surface area (Å²) < 4.78 is 0. The van der Waals surface area contributed by atoms with Gasteiger partial charge in [0.1, 0.15) is 11.0 Å². The van der Waals surface area contributed by atoms with Crippen LogP contribution in [-0.4, -0.2) is 39.2 Å². The van der Waals surface area contributed by atoms with Gasteiger partial charge in [-0.1, -0.05) is 11.6 Å². The second-order valence-electron chi connectivity index (χ2n) is 3.72. The molecule has 0 bridgehead atoms. The number of halogens is 1. The summed E-state index contributed by atoms with van der Waals surface area (Å²) in [6.07, 6.45) is 1.94. The number of nitrogens with two attached hydrogens (primary N) is 1. The summed E-state index contributed by atoms with van der Waals surface area (Å²) in [5.41, 5.74) is 4.64. The number of anilines is 2. The van der Waals surface area contributed by atoms with E-state index < -0.39 is 5.60 Å². The third-order valence-corrected chi connectivity index (χ3v) is 2.92. The normalized spacial score (nSPS) is 14.5. The van der Waals surface area contributed by atoms with Crippen LogP contribution in [0.1, 0.15) is 6.92 Å². The minimum atomic E-state index is -0.800. The van der Waals surface area contributed by atoms with E-state index in [1.807, 2.05) is 6.26 Å². The standard InChI is InChI=1S/C9H15ClN4OS/c1-9(15,5-16-2)4-12-7-3-6(10)13-8(11)14-7/h3,15H,4-5H2,1-2H3,(H3,11,12,13,14). The van der Waals surface area contributed by atoms with Crippen molar-refractivity contribution in [1.29, 1.82) is 0 Å². The Hall–Kier alpha value is -0.720. The molecule has 0 aromatic carbocycles. The van der Waals surface area contributed by atoms with Crippen LogP contribution in [0.15, 0.2) is 6.07 Å². The molecule has 5 nitrogen and oxygen atoms in total. The minimum Gasteiger partial charge on any atom is -0.387 e. The molecule has 0 amide bonds. The maximum atomic E-state index is 9.92. The molecule has 0 aliphatic heterocycles. The number of hydrogen-bond acceptors (Lipinski definition) is 6. The fourth-order valence-electron chi connectivity index (χ4n) is 1.17. The van der Waals surface area contributed by atoms with E-state index in [0.29, 0.717) is 18.1 Å². The summed E-state index contributed by atoms with van der Waals surface area (Å²) in [5, 5.41) is 13.2. The third kappa shape index (κ3) is 4.42. The molecule has 0 saturated heterocycles. The van der Waals surface area contributed by atoms with Crippen LogP contribution in [0.4, 0.5) is 11.8 Å². The number of nitrogen functional groups attached to an aromatic ring is 1. The number of nitrogens with one attached hydrogen (secondary N) is 1. The molecule has 1 aromatic rings. The van der Waals surface area contributed by atoms with Crippen LogP contribution in [0, 0.1) is 0 Å². The highest BCUT2D eigenvalue weighted by Crippen LogP contribution is 2.15. The van der Waals surface area contributed by atoms with Crippen LogP contribution in [0.3, 0.4) is 0 Å². The first-order valence-electron chi connectivity index (χ1n) is 4.68. The van der Waals surface area contributed by atoms with Crippen molar-refractivity contribution in [2.45, 2.75) is 12.5 Å². The van der Waals surface area contributed by atoms with Gasteiger partial charge in [0, 0.05) is 18.4 Å². The first-order chi connectivity index (χ1) is 7.43. The molecule has 1 heterocycles. The highest BCUT2D eigenvalue weighted by Gasteiger charge is 2.19. The molecule has 0 aliphatic carbocycles. The quantitative estimate of drug-likeness (QED) is 0.693. The van der Waals surface area contributed by atoms with Crippen LogP contribution in [0.25, 0.3) is 0 Å². The molecule has 0 fully saturated rings. The number of nitrogens with zero attached hydrogens (tertiary/aromatic N) is 2. The maximum Gasteiger partial charge on any atom is 0.223 e. The maximum absolute atomic E-state index is 9.92. The van der Waals surface area contributed by atoms with E-state index in [0.717, 1.165) is 0 Å². The van der Waals surface area contributed by atoms with Crippen molar-refractivity contribution in [2.24, 2.45) is 0 Å². The Kier molecular flexibility index (Phi) is 4.64. The molecule has 1 atom stereocenters. The number of aromatic nitrogens is 2. The van der Waals surface area contributed by atoms with E-state index in [9.17, 15) is 5.11 Å². The van der Waals surface area contributed by atoms with E-state index in [2.05, 4.69) is 15.3 Å².